The topological polar surface area (TPSA) is 73.0 Å². The van der Waals surface area contributed by atoms with E-state index in [-0.39, 0.29) is 5.03 Å². The lowest BCUT2D eigenvalue weighted by Gasteiger charge is -2.27. The molecule has 114 valence electrons. The molecule has 0 radical (unpaired) electrons. The second kappa shape index (κ2) is 5.27. The van der Waals surface area contributed by atoms with E-state index in [1.54, 1.807) is 20.3 Å². The van der Waals surface area contributed by atoms with Crippen LogP contribution in [-0.4, -0.2) is 45.6 Å². The average molecular weight is 309 g/mol. The van der Waals surface area contributed by atoms with Crippen LogP contribution < -0.4 is 0 Å². The molecule has 21 heavy (non-hydrogen) atoms. The minimum atomic E-state index is -3.48. The first-order chi connectivity index (χ1) is 9.98. The van der Waals surface area contributed by atoms with Gasteiger partial charge in [-0.15, -0.1) is 0 Å². The van der Waals surface area contributed by atoms with Crippen LogP contribution in [0.5, 0.6) is 0 Å². The Kier molecular flexibility index (Phi) is 3.58. The maximum Gasteiger partial charge on any atom is 0.259 e. The summed E-state index contributed by atoms with van der Waals surface area (Å²) in [4.78, 5) is 4.29. The van der Waals surface area contributed by atoms with E-state index in [0.29, 0.717) is 12.5 Å². The number of aryl methyl sites for hydroxylation is 2. The van der Waals surface area contributed by atoms with Gasteiger partial charge in [-0.2, -0.15) is 9.40 Å². The minimum absolute atomic E-state index is 0.226. The molecule has 3 rings (SSSR count). The van der Waals surface area contributed by atoms with E-state index in [4.69, 9.17) is 0 Å². The molecule has 2 aromatic rings. The Morgan fingerprint density at radius 1 is 1.43 bits per heavy atom. The first-order valence-electron chi connectivity index (χ1n) is 6.93. The second-order valence-corrected chi connectivity index (χ2v) is 7.47. The number of nitrogens with zero attached hydrogens (tertiary/aromatic N) is 5. The van der Waals surface area contributed by atoms with Crippen LogP contribution in [0.2, 0.25) is 0 Å². The molecular formula is C13H19N5O2S. The Bertz CT molecular complexity index is 733. The number of sulfonamides is 1. The molecule has 0 aliphatic carbocycles. The molecule has 0 unspecified atom stereocenters. The molecule has 1 aliphatic heterocycles. The van der Waals surface area contributed by atoms with Crippen molar-refractivity contribution in [1.29, 1.82) is 0 Å². The summed E-state index contributed by atoms with van der Waals surface area (Å²) < 4.78 is 30.0. The fourth-order valence-corrected chi connectivity index (χ4v) is 4.16. The lowest BCUT2D eigenvalue weighted by molar-refractivity contribution is 0.302. The van der Waals surface area contributed by atoms with Crippen LogP contribution in [0.4, 0.5) is 0 Å². The van der Waals surface area contributed by atoms with Gasteiger partial charge in [0.25, 0.3) is 10.0 Å². The van der Waals surface area contributed by atoms with Crippen molar-refractivity contribution in [3.05, 3.63) is 30.5 Å². The number of imidazole rings is 1. The monoisotopic (exact) mass is 309 g/mol. The van der Waals surface area contributed by atoms with Gasteiger partial charge < -0.3 is 4.57 Å². The molecule has 0 spiro atoms. The normalized spacial score (nSPS) is 18.9. The molecule has 0 fully saturated rings. The van der Waals surface area contributed by atoms with E-state index >= 15 is 0 Å². The zero-order chi connectivity index (χ0) is 15.0. The van der Waals surface area contributed by atoms with E-state index < -0.39 is 10.0 Å². The fourth-order valence-electron chi connectivity index (χ4n) is 2.82. The Morgan fingerprint density at radius 2 is 2.24 bits per heavy atom. The second-order valence-electron chi connectivity index (χ2n) is 5.48. The van der Waals surface area contributed by atoms with Crippen LogP contribution in [0, 0.1) is 5.92 Å². The largest absolute Gasteiger partial charge is 0.335 e. The van der Waals surface area contributed by atoms with E-state index in [9.17, 15) is 8.42 Å². The minimum Gasteiger partial charge on any atom is -0.335 e. The van der Waals surface area contributed by atoms with Crippen molar-refractivity contribution in [3.8, 4) is 0 Å². The highest BCUT2D eigenvalue weighted by molar-refractivity contribution is 7.89. The van der Waals surface area contributed by atoms with Gasteiger partial charge in [0.05, 0.1) is 6.20 Å². The molecule has 7 nitrogen and oxygen atoms in total. The number of hydrogen-bond acceptors (Lipinski definition) is 4. The van der Waals surface area contributed by atoms with Crippen LogP contribution in [0.25, 0.3) is 0 Å². The predicted molar refractivity (Wildman–Crippen MR) is 77.1 cm³/mol. The summed E-state index contributed by atoms with van der Waals surface area (Å²) in [5, 5.41) is 4.16. The summed E-state index contributed by atoms with van der Waals surface area (Å²) in [6, 6.07) is 1.53. The summed E-state index contributed by atoms with van der Waals surface area (Å²) in [6.45, 7) is 1.33. The molecule has 0 aromatic carbocycles. The molecule has 0 N–H and O–H groups in total. The first kappa shape index (κ1) is 14.3. The Hall–Kier alpha value is -1.67. The highest BCUT2D eigenvalue weighted by atomic mass is 32.2. The van der Waals surface area contributed by atoms with Crippen molar-refractivity contribution < 1.29 is 8.42 Å². The Balaban J connectivity index is 1.73. The Labute approximate surface area is 124 Å². The van der Waals surface area contributed by atoms with Crippen LogP contribution >= 0.6 is 0 Å². The van der Waals surface area contributed by atoms with Crippen LogP contribution in [0.1, 0.15) is 12.2 Å². The summed E-state index contributed by atoms with van der Waals surface area (Å²) in [6.07, 6.45) is 7.11. The molecule has 0 saturated carbocycles. The number of fused-ring (bicyclic) bond motifs is 1. The van der Waals surface area contributed by atoms with Gasteiger partial charge in [0.15, 0.2) is 5.03 Å². The molecule has 2 aromatic heterocycles. The zero-order valence-corrected chi connectivity index (χ0v) is 13.0. The summed E-state index contributed by atoms with van der Waals surface area (Å²) in [7, 11) is -0.212. The van der Waals surface area contributed by atoms with Crippen molar-refractivity contribution in [2.24, 2.45) is 13.0 Å². The van der Waals surface area contributed by atoms with Crippen molar-refractivity contribution in [2.75, 3.05) is 13.6 Å². The molecule has 0 bridgehead atoms. The number of aromatic nitrogens is 4. The van der Waals surface area contributed by atoms with Gasteiger partial charge in [-0.3, -0.25) is 4.68 Å². The molecule has 3 heterocycles. The fraction of sp³-hybridized carbons (Fsp3) is 0.538. The zero-order valence-electron chi connectivity index (χ0n) is 12.2. The van der Waals surface area contributed by atoms with Crippen LogP contribution in [0.3, 0.4) is 0 Å². The summed E-state index contributed by atoms with van der Waals surface area (Å²) in [5.74, 6) is 1.39. The lowest BCUT2D eigenvalue weighted by Crippen LogP contribution is -2.36. The van der Waals surface area contributed by atoms with Gasteiger partial charge in [-0.25, -0.2) is 13.4 Å². The average Bonchev–Trinajstić information content (AvgIpc) is 3.06. The molecule has 8 heteroatoms. The van der Waals surface area contributed by atoms with Crippen LogP contribution in [0.15, 0.2) is 29.7 Å². The van der Waals surface area contributed by atoms with Gasteiger partial charge in [0.2, 0.25) is 0 Å². The quantitative estimate of drug-likeness (QED) is 0.824. The van der Waals surface area contributed by atoms with Gasteiger partial charge >= 0.3 is 0 Å². The first-order valence-corrected chi connectivity index (χ1v) is 8.37. The van der Waals surface area contributed by atoms with Crippen molar-refractivity contribution in [1.82, 2.24) is 23.6 Å². The molecule has 1 atom stereocenters. The highest BCUT2D eigenvalue weighted by Crippen LogP contribution is 2.22. The third kappa shape index (κ3) is 2.60. The van der Waals surface area contributed by atoms with Gasteiger partial charge in [-0.1, -0.05) is 0 Å². The standard InChI is InChI=1S/C13H19N5O2S/c1-16(21(19,20)13-5-6-15-17(13)2)9-11-3-4-12-14-7-8-18(12)10-11/h5-8,11H,3-4,9-10H2,1-2H3/t11-/m1/s1. The number of rotatable bonds is 4. The van der Waals surface area contributed by atoms with Gasteiger partial charge in [-0.05, 0) is 18.4 Å². The summed E-state index contributed by atoms with van der Waals surface area (Å²) in [5.41, 5.74) is 0. The van der Waals surface area contributed by atoms with E-state index in [2.05, 4.69) is 14.6 Å². The van der Waals surface area contributed by atoms with Crippen LogP contribution in [-0.2, 0) is 30.0 Å². The van der Waals surface area contributed by atoms with E-state index in [1.807, 2.05) is 6.20 Å². The smallest absolute Gasteiger partial charge is 0.259 e. The summed E-state index contributed by atoms with van der Waals surface area (Å²) >= 11 is 0. The van der Waals surface area contributed by atoms with Crippen molar-refractivity contribution in [2.45, 2.75) is 24.4 Å². The maximum atomic E-state index is 12.5. The van der Waals surface area contributed by atoms with Gasteiger partial charge in [0, 0.05) is 46.0 Å². The van der Waals surface area contributed by atoms with Gasteiger partial charge in [0.1, 0.15) is 5.82 Å². The molecule has 0 amide bonds. The van der Waals surface area contributed by atoms with E-state index in [1.165, 1.54) is 21.3 Å². The predicted octanol–water partition coefficient (Wildman–Crippen LogP) is 0.500. The molecule has 0 saturated heterocycles. The third-order valence-electron chi connectivity index (χ3n) is 4.00. The third-order valence-corrected chi connectivity index (χ3v) is 5.90. The molecule has 1 aliphatic rings. The SMILES string of the molecule is CN(C[C@H]1CCc2nccn2C1)S(=O)(=O)c1ccnn1C. The van der Waals surface area contributed by atoms with Crippen molar-refractivity contribution >= 4 is 10.0 Å². The highest BCUT2D eigenvalue weighted by Gasteiger charge is 2.28. The van der Waals surface area contributed by atoms with Crippen molar-refractivity contribution in [3.63, 3.8) is 0 Å². The lowest BCUT2D eigenvalue weighted by atomic mass is 10.00. The Morgan fingerprint density at radius 3 is 2.95 bits per heavy atom. The molecular weight excluding hydrogens is 290 g/mol. The maximum absolute atomic E-state index is 12.5. The number of hydrogen-bond donors (Lipinski definition) is 0. The van der Waals surface area contributed by atoms with E-state index in [0.717, 1.165) is 25.2 Å².